The van der Waals surface area contributed by atoms with Gasteiger partial charge in [0.25, 0.3) is 0 Å². The number of aryl methyl sites for hydroxylation is 1. The summed E-state index contributed by atoms with van der Waals surface area (Å²) < 4.78 is 4.96. The molecule has 0 saturated heterocycles. The molecule has 0 spiro atoms. The SMILES string of the molecule is O=C1C=C(C2=CCCc3ccccc32)CO1. The predicted molar refractivity (Wildman–Crippen MR) is 61.8 cm³/mol. The van der Waals surface area contributed by atoms with E-state index in [-0.39, 0.29) is 5.97 Å². The first kappa shape index (κ1) is 9.40. The van der Waals surface area contributed by atoms with Crippen LogP contribution in [0.5, 0.6) is 0 Å². The number of carbonyl (C=O) groups excluding carboxylic acids is 1. The number of ether oxygens (including phenoxy) is 1. The van der Waals surface area contributed by atoms with Crippen LogP contribution >= 0.6 is 0 Å². The highest BCUT2D eigenvalue weighted by atomic mass is 16.5. The largest absolute Gasteiger partial charge is 0.458 e. The second-order valence-corrected chi connectivity index (χ2v) is 4.09. The minimum absolute atomic E-state index is 0.223. The third-order valence-electron chi connectivity index (χ3n) is 3.08. The van der Waals surface area contributed by atoms with E-state index in [1.165, 1.54) is 16.7 Å². The van der Waals surface area contributed by atoms with E-state index < -0.39 is 0 Å². The van der Waals surface area contributed by atoms with Crippen LogP contribution in [0.2, 0.25) is 0 Å². The number of carbonyl (C=O) groups is 1. The molecule has 0 N–H and O–H groups in total. The molecule has 2 nitrogen and oxygen atoms in total. The normalized spacial score (nSPS) is 18.6. The maximum atomic E-state index is 11.1. The Bertz CT molecular complexity index is 509. The molecule has 1 aliphatic carbocycles. The third kappa shape index (κ3) is 1.47. The van der Waals surface area contributed by atoms with Crippen LogP contribution in [-0.4, -0.2) is 12.6 Å². The van der Waals surface area contributed by atoms with E-state index in [0.717, 1.165) is 18.4 Å². The number of esters is 1. The van der Waals surface area contributed by atoms with Gasteiger partial charge in [0.2, 0.25) is 0 Å². The molecule has 0 radical (unpaired) electrons. The van der Waals surface area contributed by atoms with Crippen LogP contribution in [-0.2, 0) is 16.0 Å². The first-order valence-electron chi connectivity index (χ1n) is 5.51. The molecule has 0 fully saturated rings. The van der Waals surface area contributed by atoms with Gasteiger partial charge in [0.15, 0.2) is 0 Å². The maximum absolute atomic E-state index is 11.1. The van der Waals surface area contributed by atoms with Gasteiger partial charge in [-0.1, -0.05) is 30.3 Å². The van der Waals surface area contributed by atoms with Crippen LogP contribution in [0.25, 0.3) is 5.57 Å². The molecule has 1 heterocycles. The van der Waals surface area contributed by atoms with Crippen molar-refractivity contribution in [2.45, 2.75) is 12.8 Å². The van der Waals surface area contributed by atoms with E-state index in [0.29, 0.717) is 6.61 Å². The van der Waals surface area contributed by atoms with Crippen LogP contribution in [0.3, 0.4) is 0 Å². The molecule has 3 rings (SSSR count). The number of cyclic esters (lactones) is 1. The first-order valence-corrected chi connectivity index (χ1v) is 5.51. The zero-order chi connectivity index (χ0) is 11.0. The summed E-state index contributed by atoms with van der Waals surface area (Å²) in [4.78, 5) is 11.1. The Hall–Kier alpha value is -1.83. The van der Waals surface area contributed by atoms with Crippen LogP contribution in [0.1, 0.15) is 17.5 Å². The lowest BCUT2D eigenvalue weighted by atomic mass is 9.87. The Kier molecular flexibility index (Phi) is 2.13. The molecule has 2 aliphatic rings. The zero-order valence-corrected chi connectivity index (χ0v) is 8.90. The third-order valence-corrected chi connectivity index (χ3v) is 3.08. The molecule has 0 bridgehead atoms. The fraction of sp³-hybridized carbons (Fsp3) is 0.214. The lowest BCUT2D eigenvalue weighted by molar-refractivity contribution is -0.134. The molecule has 0 amide bonds. The van der Waals surface area contributed by atoms with Gasteiger partial charge in [0.05, 0.1) is 0 Å². The van der Waals surface area contributed by atoms with E-state index in [1.54, 1.807) is 6.08 Å². The van der Waals surface area contributed by atoms with Crippen LogP contribution in [0, 0.1) is 0 Å². The van der Waals surface area contributed by atoms with Gasteiger partial charge < -0.3 is 4.74 Å². The van der Waals surface area contributed by atoms with Crippen molar-refractivity contribution in [1.82, 2.24) is 0 Å². The highest BCUT2D eigenvalue weighted by Crippen LogP contribution is 2.33. The van der Waals surface area contributed by atoms with Crippen molar-refractivity contribution in [3.05, 3.63) is 53.1 Å². The second-order valence-electron chi connectivity index (χ2n) is 4.09. The minimum atomic E-state index is -0.223. The van der Waals surface area contributed by atoms with E-state index in [9.17, 15) is 4.79 Å². The smallest absolute Gasteiger partial charge is 0.331 e. The van der Waals surface area contributed by atoms with E-state index in [1.807, 2.05) is 6.07 Å². The number of rotatable bonds is 1. The van der Waals surface area contributed by atoms with Crippen molar-refractivity contribution in [3.8, 4) is 0 Å². The molecule has 0 saturated carbocycles. The Morgan fingerprint density at radius 1 is 1.19 bits per heavy atom. The van der Waals surface area contributed by atoms with Gasteiger partial charge in [-0.05, 0) is 29.5 Å². The summed E-state index contributed by atoms with van der Waals surface area (Å²) in [6, 6.07) is 8.37. The molecule has 1 aromatic rings. The lowest BCUT2D eigenvalue weighted by Crippen LogP contribution is -2.02. The highest BCUT2D eigenvalue weighted by molar-refractivity contribution is 5.94. The Morgan fingerprint density at radius 2 is 2.06 bits per heavy atom. The average Bonchev–Trinajstić information content (AvgIpc) is 2.75. The van der Waals surface area contributed by atoms with Crippen molar-refractivity contribution in [3.63, 3.8) is 0 Å². The first-order chi connectivity index (χ1) is 7.84. The summed E-state index contributed by atoms with van der Waals surface area (Å²) in [7, 11) is 0. The van der Waals surface area contributed by atoms with Gasteiger partial charge in [-0.3, -0.25) is 0 Å². The molecule has 80 valence electrons. The Morgan fingerprint density at radius 3 is 2.88 bits per heavy atom. The van der Waals surface area contributed by atoms with Crippen LogP contribution in [0.4, 0.5) is 0 Å². The number of benzene rings is 1. The number of allylic oxidation sites excluding steroid dienone is 1. The van der Waals surface area contributed by atoms with E-state index in [4.69, 9.17) is 4.74 Å². The number of fused-ring (bicyclic) bond motifs is 1. The predicted octanol–water partition coefficient (Wildman–Crippen LogP) is 2.50. The van der Waals surface area contributed by atoms with E-state index >= 15 is 0 Å². The molecule has 1 aromatic carbocycles. The molecule has 0 aromatic heterocycles. The summed E-state index contributed by atoms with van der Waals surface area (Å²) in [6.07, 6.45) is 5.93. The molecule has 1 aliphatic heterocycles. The lowest BCUT2D eigenvalue weighted by Gasteiger charge is -2.17. The molecule has 2 heteroatoms. The molecular weight excluding hydrogens is 200 g/mol. The van der Waals surface area contributed by atoms with Crippen molar-refractivity contribution in [2.75, 3.05) is 6.61 Å². The van der Waals surface area contributed by atoms with Gasteiger partial charge >= 0.3 is 5.97 Å². The van der Waals surface area contributed by atoms with Gasteiger partial charge in [-0.15, -0.1) is 0 Å². The van der Waals surface area contributed by atoms with Gasteiger partial charge in [-0.2, -0.15) is 0 Å². The molecule has 0 atom stereocenters. The van der Waals surface area contributed by atoms with Crippen molar-refractivity contribution in [2.24, 2.45) is 0 Å². The fourth-order valence-electron chi connectivity index (χ4n) is 2.32. The highest BCUT2D eigenvalue weighted by Gasteiger charge is 2.20. The summed E-state index contributed by atoms with van der Waals surface area (Å²) in [5.41, 5.74) is 4.79. The van der Waals surface area contributed by atoms with Crippen molar-refractivity contribution in [1.29, 1.82) is 0 Å². The summed E-state index contributed by atoms with van der Waals surface area (Å²) in [5.74, 6) is -0.223. The quantitative estimate of drug-likeness (QED) is 0.668. The average molecular weight is 212 g/mol. The summed E-state index contributed by atoms with van der Waals surface area (Å²) >= 11 is 0. The molecule has 16 heavy (non-hydrogen) atoms. The van der Waals surface area contributed by atoms with Gasteiger partial charge in [0, 0.05) is 11.6 Å². The number of hydrogen-bond donors (Lipinski definition) is 0. The topological polar surface area (TPSA) is 26.3 Å². The Balaban J connectivity index is 2.06. The fourth-order valence-corrected chi connectivity index (χ4v) is 2.32. The van der Waals surface area contributed by atoms with Crippen LogP contribution < -0.4 is 0 Å². The number of hydrogen-bond acceptors (Lipinski definition) is 2. The standard InChI is InChI=1S/C14H12O2/c15-14-8-11(9-16-14)13-7-3-5-10-4-1-2-6-12(10)13/h1-2,4,6-8H,3,5,9H2. The van der Waals surface area contributed by atoms with Gasteiger partial charge in [-0.25, -0.2) is 4.79 Å². The molecular formula is C14H12O2. The minimum Gasteiger partial charge on any atom is -0.458 e. The summed E-state index contributed by atoms with van der Waals surface area (Å²) in [5, 5.41) is 0. The van der Waals surface area contributed by atoms with Crippen molar-refractivity contribution < 1.29 is 9.53 Å². The second kappa shape index (κ2) is 3.63. The monoisotopic (exact) mass is 212 g/mol. The zero-order valence-electron chi connectivity index (χ0n) is 8.90. The van der Waals surface area contributed by atoms with Gasteiger partial charge in [0.1, 0.15) is 6.61 Å². The maximum Gasteiger partial charge on any atom is 0.331 e. The summed E-state index contributed by atoms with van der Waals surface area (Å²) in [6.45, 7) is 0.416. The van der Waals surface area contributed by atoms with Crippen molar-refractivity contribution >= 4 is 11.5 Å². The molecule has 0 unspecified atom stereocenters. The Labute approximate surface area is 94.2 Å². The van der Waals surface area contributed by atoms with Crippen LogP contribution in [0.15, 0.2) is 42.0 Å². The van der Waals surface area contributed by atoms with E-state index in [2.05, 4.69) is 24.3 Å².